The Morgan fingerprint density at radius 1 is 1.26 bits per heavy atom. The molecule has 2 heterocycles. The van der Waals surface area contributed by atoms with Crippen molar-refractivity contribution in [2.24, 2.45) is 0 Å². The molecule has 1 N–H and O–H groups in total. The monoisotopic (exact) mass is 275 g/mol. The van der Waals surface area contributed by atoms with Gasteiger partial charge in [-0.3, -0.25) is 10.00 Å². The minimum Gasteiger partial charge on any atom is -0.297 e. The molecule has 100 valence electrons. The summed E-state index contributed by atoms with van der Waals surface area (Å²) in [5.74, 6) is 0.619. The second kappa shape index (κ2) is 5.76. The number of nitrogens with zero attached hydrogens (tertiary/aromatic N) is 2. The van der Waals surface area contributed by atoms with Crippen molar-refractivity contribution in [3.05, 3.63) is 52.8 Å². The largest absolute Gasteiger partial charge is 0.297 e. The van der Waals surface area contributed by atoms with Gasteiger partial charge in [-0.1, -0.05) is 23.7 Å². The van der Waals surface area contributed by atoms with Gasteiger partial charge in [-0.05, 0) is 49.1 Å². The lowest BCUT2D eigenvalue weighted by atomic mass is 9.90. The van der Waals surface area contributed by atoms with E-state index in [0.717, 1.165) is 18.1 Å². The van der Waals surface area contributed by atoms with Gasteiger partial charge in [-0.25, -0.2) is 0 Å². The Hall–Kier alpha value is -1.32. The Kier molecular flexibility index (Phi) is 3.85. The molecule has 19 heavy (non-hydrogen) atoms. The van der Waals surface area contributed by atoms with Crippen LogP contribution < -0.4 is 0 Å². The summed E-state index contributed by atoms with van der Waals surface area (Å²) in [7, 11) is 0. The van der Waals surface area contributed by atoms with Gasteiger partial charge in [0.1, 0.15) is 0 Å². The van der Waals surface area contributed by atoms with Crippen molar-refractivity contribution >= 4 is 11.6 Å². The van der Waals surface area contributed by atoms with E-state index in [1.54, 1.807) is 0 Å². The van der Waals surface area contributed by atoms with E-state index in [1.807, 2.05) is 24.4 Å². The van der Waals surface area contributed by atoms with Crippen molar-refractivity contribution in [3.8, 4) is 0 Å². The first kappa shape index (κ1) is 12.7. The van der Waals surface area contributed by atoms with Gasteiger partial charge >= 0.3 is 0 Å². The number of rotatable bonds is 3. The van der Waals surface area contributed by atoms with Crippen molar-refractivity contribution in [1.82, 2.24) is 15.1 Å². The van der Waals surface area contributed by atoms with Gasteiger partial charge in [0.15, 0.2) is 0 Å². The van der Waals surface area contributed by atoms with Crippen LogP contribution >= 0.6 is 11.6 Å². The van der Waals surface area contributed by atoms with Gasteiger partial charge in [-0.2, -0.15) is 5.10 Å². The molecular formula is C15H18ClN3. The molecule has 0 radical (unpaired) electrons. The summed E-state index contributed by atoms with van der Waals surface area (Å²) in [5.41, 5.74) is 2.59. The maximum absolute atomic E-state index is 5.95. The summed E-state index contributed by atoms with van der Waals surface area (Å²) in [4.78, 5) is 2.50. The molecule has 1 fully saturated rings. The second-order valence-electron chi connectivity index (χ2n) is 5.21. The van der Waals surface area contributed by atoms with Gasteiger partial charge < -0.3 is 0 Å². The number of likely N-dealkylation sites (tertiary alicyclic amines) is 1. The molecule has 0 saturated carbocycles. The first-order chi connectivity index (χ1) is 9.31. The van der Waals surface area contributed by atoms with Crippen LogP contribution in [-0.2, 0) is 6.54 Å². The van der Waals surface area contributed by atoms with Crippen LogP contribution in [0.15, 0.2) is 36.5 Å². The maximum atomic E-state index is 5.95. The molecule has 0 amide bonds. The summed E-state index contributed by atoms with van der Waals surface area (Å²) in [6.45, 7) is 3.24. The fraction of sp³-hybridized carbons (Fsp3) is 0.400. The van der Waals surface area contributed by atoms with E-state index in [9.17, 15) is 0 Å². The Balaban J connectivity index is 1.66. The third-order valence-corrected chi connectivity index (χ3v) is 4.05. The molecule has 1 unspecified atom stereocenters. The van der Waals surface area contributed by atoms with Crippen LogP contribution in [0.2, 0.25) is 5.02 Å². The second-order valence-corrected chi connectivity index (χ2v) is 5.64. The predicted octanol–water partition coefficient (Wildman–Crippen LogP) is 3.44. The maximum Gasteiger partial charge on any atom is 0.0492 e. The normalized spacial score (nSPS) is 20.6. The van der Waals surface area contributed by atoms with Crippen molar-refractivity contribution in [2.45, 2.75) is 25.3 Å². The molecule has 1 atom stereocenters. The number of hydrogen-bond donors (Lipinski definition) is 1. The third-order valence-electron chi connectivity index (χ3n) is 3.80. The standard InChI is InChI=1S/C15H18ClN3/c16-14-5-3-12(4-6-14)13-2-1-9-19(10-13)11-15-7-8-17-18-15/h3-8,13H,1-2,9-11H2,(H,17,18). The number of aromatic amines is 1. The van der Waals surface area contributed by atoms with Gasteiger partial charge in [-0.15, -0.1) is 0 Å². The summed E-state index contributed by atoms with van der Waals surface area (Å²) in [6, 6.07) is 10.3. The van der Waals surface area contributed by atoms with E-state index in [4.69, 9.17) is 11.6 Å². The van der Waals surface area contributed by atoms with E-state index >= 15 is 0 Å². The van der Waals surface area contributed by atoms with Crippen molar-refractivity contribution in [2.75, 3.05) is 13.1 Å². The van der Waals surface area contributed by atoms with Crippen LogP contribution in [0.25, 0.3) is 0 Å². The van der Waals surface area contributed by atoms with Crippen LogP contribution in [-0.4, -0.2) is 28.2 Å². The summed E-state index contributed by atoms with van der Waals surface area (Å²) >= 11 is 5.95. The average Bonchev–Trinajstić information content (AvgIpc) is 2.93. The van der Waals surface area contributed by atoms with Crippen LogP contribution in [0.3, 0.4) is 0 Å². The van der Waals surface area contributed by atoms with Gasteiger partial charge in [0, 0.05) is 30.0 Å². The topological polar surface area (TPSA) is 31.9 Å². The van der Waals surface area contributed by atoms with Crippen molar-refractivity contribution < 1.29 is 0 Å². The number of hydrogen-bond acceptors (Lipinski definition) is 2. The minimum atomic E-state index is 0.619. The molecule has 0 bridgehead atoms. The number of nitrogens with one attached hydrogen (secondary N) is 1. The number of aromatic nitrogens is 2. The first-order valence-electron chi connectivity index (χ1n) is 6.77. The predicted molar refractivity (Wildman–Crippen MR) is 77.3 cm³/mol. The zero-order valence-electron chi connectivity index (χ0n) is 10.8. The molecule has 3 rings (SSSR count). The summed E-state index contributed by atoms with van der Waals surface area (Å²) < 4.78 is 0. The summed E-state index contributed by atoms with van der Waals surface area (Å²) in [5, 5.41) is 7.86. The Morgan fingerprint density at radius 2 is 2.11 bits per heavy atom. The zero-order valence-corrected chi connectivity index (χ0v) is 11.6. The van der Waals surface area contributed by atoms with E-state index in [0.29, 0.717) is 5.92 Å². The van der Waals surface area contributed by atoms with Crippen molar-refractivity contribution in [3.63, 3.8) is 0 Å². The highest BCUT2D eigenvalue weighted by Gasteiger charge is 2.21. The van der Waals surface area contributed by atoms with Crippen LogP contribution in [0.1, 0.15) is 30.0 Å². The fourth-order valence-corrected chi connectivity index (χ4v) is 2.95. The molecule has 1 aromatic heterocycles. The molecule has 0 spiro atoms. The van der Waals surface area contributed by atoms with E-state index in [1.165, 1.54) is 30.6 Å². The lowest BCUT2D eigenvalue weighted by Crippen LogP contribution is -2.33. The molecule has 2 aromatic rings. The van der Waals surface area contributed by atoms with Crippen LogP contribution in [0, 0.1) is 0 Å². The number of piperidine rings is 1. The van der Waals surface area contributed by atoms with Gasteiger partial charge in [0.25, 0.3) is 0 Å². The first-order valence-corrected chi connectivity index (χ1v) is 7.15. The Labute approximate surface area is 118 Å². The molecule has 3 nitrogen and oxygen atoms in total. The van der Waals surface area contributed by atoms with E-state index in [2.05, 4.69) is 27.2 Å². The van der Waals surface area contributed by atoms with Gasteiger partial charge in [0.05, 0.1) is 0 Å². The lowest BCUT2D eigenvalue weighted by Gasteiger charge is -2.32. The summed E-state index contributed by atoms with van der Waals surface area (Å²) in [6.07, 6.45) is 4.33. The molecule has 0 aliphatic carbocycles. The highest BCUT2D eigenvalue weighted by molar-refractivity contribution is 6.30. The Bertz CT molecular complexity index is 507. The van der Waals surface area contributed by atoms with Gasteiger partial charge in [0.2, 0.25) is 0 Å². The molecule has 4 heteroatoms. The molecule has 1 saturated heterocycles. The average molecular weight is 276 g/mol. The van der Waals surface area contributed by atoms with Crippen LogP contribution in [0.5, 0.6) is 0 Å². The number of H-pyrrole nitrogens is 1. The zero-order chi connectivity index (χ0) is 13.1. The van der Waals surface area contributed by atoms with Crippen molar-refractivity contribution in [1.29, 1.82) is 0 Å². The molecule has 1 aliphatic rings. The van der Waals surface area contributed by atoms with Crippen LogP contribution in [0.4, 0.5) is 0 Å². The molecule has 1 aliphatic heterocycles. The highest BCUT2D eigenvalue weighted by atomic mass is 35.5. The quantitative estimate of drug-likeness (QED) is 0.930. The number of benzene rings is 1. The smallest absolute Gasteiger partial charge is 0.0492 e. The Morgan fingerprint density at radius 3 is 2.84 bits per heavy atom. The SMILES string of the molecule is Clc1ccc(C2CCCN(Cc3ccn[nH]3)C2)cc1. The number of halogens is 1. The fourth-order valence-electron chi connectivity index (χ4n) is 2.82. The highest BCUT2D eigenvalue weighted by Crippen LogP contribution is 2.28. The van der Waals surface area contributed by atoms with E-state index < -0.39 is 0 Å². The molecule has 1 aromatic carbocycles. The molecular weight excluding hydrogens is 258 g/mol. The third kappa shape index (κ3) is 3.17. The minimum absolute atomic E-state index is 0.619. The van der Waals surface area contributed by atoms with E-state index in [-0.39, 0.29) is 0 Å². The lowest BCUT2D eigenvalue weighted by molar-refractivity contribution is 0.198.